The van der Waals surface area contributed by atoms with Crippen LogP contribution >= 0.6 is 0 Å². The second-order valence-electron chi connectivity index (χ2n) is 8.24. The SMILES string of the molecule is CN(C)S(=O)(=O)C[C@H]1COC[C@H]1n1ccnc1-c1ccc(OC2CCCC2)cc1.O=CO. The highest BCUT2D eigenvalue weighted by atomic mass is 32.2. The summed E-state index contributed by atoms with van der Waals surface area (Å²) >= 11 is 0. The van der Waals surface area contributed by atoms with E-state index in [-0.39, 0.29) is 24.2 Å². The van der Waals surface area contributed by atoms with Crippen LogP contribution in [-0.2, 0) is 19.6 Å². The van der Waals surface area contributed by atoms with Crippen LogP contribution in [0.3, 0.4) is 0 Å². The second-order valence-corrected chi connectivity index (χ2v) is 10.5. The van der Waals surface area contributed by atoms with Crippen molar-refractivity contribution in [1.29, 1.82) is 0 Å². The smallest absolute Gasteiger partial charge is 0.290 e. The van der Waals surface area contributed by atoms with Crippen LogP contribution in [0.1, 0.15) is 31.7 Å². The molecule has 2 heterocycles. The Kier molecular flexibility index (Phi) is 8.27. The number of benzene rings is 1. The number of hydrogen-bond acceptors (Lipinski definition) is 6. The zero-order chi connectivity index (χ0) is 23.1. The van der Waals surface area contributed by atoms with Gasteiger partial charge in [0.05, 0.1) is 31.1 Å². The van der Waals surface area contributed by atoms with Gasteiger partial charge in [0.25, 0.3) is 6.47 Å². The Bertz CT molecular complexity index is 968. The van der Waals surface area contributed by atoms with Gasteiger partial charge in [0.2, 0.25) is 10.0 Å². The molecule has 9 nitrogen and oxygen atoms in total. The van der Waals surface area contributed by atoms with Crippen LogP contribution in [0.4, 0.5) is 0 Å². The fourth-order valence-electron chi connectivity index (χ4n) is 4.16. The van der Waals surface area contributed by atoms with Crippen molar-refractivity contribution in [3.8, 4) is 17.1 Å². The Morgan fingerprint density at radius 1 is 1.22 bits per heavy atom. The highest BCUT2D eigenvalue weighted by molar-refractivity contribution is 7.89. The molecule has 1 aliphatic heterocycles. The maximum atomic E-state index is 12.4. The van der Waals surface area contributed by atoms with E-state index in [9.17, 15) is 8.42 Å². The molecule has 2 fully saturated rings. The van der Waals surface area contributed by atoms with Crippen LogP contribution in [0.5, 0.6) is 5.75 Å². The van der Waals surface area contributed by atoms with E-state index in [4.69, 9.17) is 19.4 Å². The van der Waals surface area contributed by atoms with Crippen LogP contribution in [0.15, 0.2) is 36.7 Å². The molecule has 0 unspecified atom stereocenters. The first-order valence-corrected chi connectivity index (χ1v) is 12.3. The summed E-state index contributed by atoms with van der Waals surface area (Å²) in [5.41, 5.74) is 0.981. The van der Waals surface area contributed by atoms with Crippen LogP contribution in [-0.4, -0.2) is 73.0 Å². The predicted molar refractivity (Wildman–Crippen MR) is 120 cm³/mol. The van der Waals surface area contributed by atoms with Crippen LogP contribution in [0.25, 0.3) is 11.4 Å². The molecule has 1 saturated carbocycles. The Hall–Kier alpha value is -2.43. The Morgan fingerprint density at radius 3 is 2.50 bits per heavy atom. The highest BCUT2D eigenvalue weighted by Crippen LogP contribution is 2.32. The van der Waals surface area contributed by atoms with E-state index in [0.29, 0.717) is 19.3 Å². The van der Waals surface area contributed by atoms with Gasteiger partial charge < -0.3 is 19.1 Å². The van der Waals surface area contributed by atoms with Crippen molar-refractivity contribution in [2.75, 3.05) is 33.1 Å². The molecule has 1 aliphatic carbocycles. The van der Waals surface area contributed by atoms with E-state index >= 15 is 0 Å². The van der Waals surface area contributed by atoms with E-state index in [1.807, 2.05) is 30.5 Å². The molecule has 32 heavy (non-hydrogen) atoms. The molecule has 10 heteroatoms. The molecule has 1 aromatic carbocycles. The summed E-state index contributed by atoms with van der Waals surface area (Å²) in [5, 5.41) is 6.89. The van der Waals surface area contributed by atoms with Gasteiger partial charge in [-0.05, 0) is 49.9 Å². The van der Waals surface area contributed by atoms with Crippen molar-refractivity contribution in [3.63, 3.8) is 0 Å². The van der Waals surface area contributed by atoms with Gasteiger partial charge >= 0.3 is 0 Å². The van der Waals surface area contributed by atoms with Gasteiger partial charge in [0.15, 0.2) is 0 Å². The molecule has 2 aromatic rings. The van der Waals surface area contributed by atoms with Gasteiger partial charge in [-0.1, -0.05) is 0 Å². The third kappa shape index (κ3) is 5.87. The van der Waals surface area contributed by atoms with Crippen LogP contribution in [0, 0.1) is 5.92 Å². The van der Waals surface area contributed by atoms with Crippen molar-refractivity contribution >= 4 is 16.5 Å². The molecule has 176 valence electrons. The first kappa shape index (κ1) is 24.2. The molecule has 1 saturated heterocycles. The van der Waals surface area contributed by atoms with Crippen molar-refractivity contribution < 1.29 is 27.8 Å². The summed E-state index contributed by atoms with van der Waals surface area (Å²) in [6.07, 6.45) is 8.75. The maximum Gasteiger partial charge on any atom is 0.290 e. The van der Waals surface area contributed by atoms with Gasteiger partial charge in [-0.25, -0.2) is 17.7 Å². The largest absolute Gasteiger partial charge is 0.490 e. The average Bonchev–Trinajstić information content (AvgIpc) is 3.50. The lowest BCUT2D eigenvalue weighted by Gasteiger charge is -2.22. The van der Waals surface area contributed by atoms with Crippen molar-refractivity contribution in [2.45, 2.75) is 37.8 Å². The topological polar surface area (TPSA) is 111 Å². The lowest BCUT2D eigenvalue weighted by Crippen LogP contribution is -2.32. The fraction of sp³-hybridized carbons (Fsp3) is 0.545. The summed E-state index contributed by atoms with van der Waals surface area (Å²) in [7, 11) is -0.162. The molecule has 0 amide bonds. The minimum Gasteiger partial charge on any atom is -0.490 e. The first-order valence-electron chi connectivity index (χ1n) is 10.7. The molecule has 0 bridgehead atoms. The minimum absolute atomic E-state index is 0.0587. The van der Waals surface area contributed by atoms with Crippen LogP contribution in [0.2, 0.25) is 0 Å². The molecule has 0 spiro atoms. The molecule has 0 radical (unpaired) electrons. The molecular weight excluding hydrogens is 434 g/mol. The molecule has 1 aromatic heterocycles. The van der Waals surface area contributed by atoms with E-state index in [1.54, 1.807) is 20.3 Å². The predicted octanol–water partition coefficient (Wildman–Crippen LogP) is 2.65. The van der Waals surface area contributed by atoms with E-state index in [0.717, 1.165) is 30.0 Å². The zero-order valence-electron chi connectivity index (χ0n) is 18.5. The standard InChI is InChI=1S/C21H29N3O4S.CH2O2/c1-23(2)29(25,26)15-17-13-27-14-20(17)24-12-11-22-21(24)16-7-9-19(10-8-16)28-18-5-3-4-6-18;2-1-3/h7-12,17-18,20H,3-6,13-15H2,1-2H3;1H,(H,2,3)/t17-,20-;/m1./s1. The molecular formula is C22H31N3O6S. The normalized spacial score (nSPS) is 21.3. The highest BCUT2D eigenvalue weighted by Gasteiger charge is 2.35. The summed E-state index contributed by atoms with van der Waals surface area (Å²) < 4.78 is 39.8. The summed E-state index contributed by atoms with van der Waals surface area (Å²) in [6, 6.07) is 7.96. The van der Waals surface area contributed by atoms with Crippen molar-refractivity contribution in [3.05, 3.63) is 36.7 Å². The third-order valence-electron chi connectivity index (χ3n) is 5.89. The van der Waals surface area contributed by atoms with E-state index < -0.39 is 10.0 Å². The van der Waals surface area contributed by atoms with Gasteiger partial charge in [-0.3, -0.25) is 4.79 Å². The minimum atomic E-state index is -3.30. The lowest BCUT2D eigenvalue weighted by atomic mass is 10.1. The molecule has 2 atom stereocenters. The Balaban J connectivity index is 0.000000913. The van der Waals surface area contributed by atoms with Crippen molar-refractivity contribution in [1.82, 2.24) is 13.9 Å². The summed E-state index contributed by atoms with van der Waals surface area (Å²) in [5.74, 6) is 1.66. The molecule has 4 rings (SSSR count). The van der Waals surface area contributed by atoms with Gasteiger partial charge in [-0.15, -0.1) is 0 Å². The van der Waals surface area contributed by atoms with E-state index in [2.05, 4.69) is 9.55 Å². The monoisotopic (exact) mass is 465 g/mol. The number of sulfonamides is 1. The first-order chi connectivity index (χ1) is 15.4. The molecule has 2 aliphatic rings. The third-order valence-corrected chi connectivity index (χ3v) is 7.85. The number of carboxylic acid groups (broad SMARTS) is 1. The zero-order valence-corrected chi connectivity index (χ0v) is 19.3. The number of imidazole rings is 1. The fourth-order valence-corrected chi connectivity index (χ4v) is 5.32. The number of hydrogen-bond donors (Lipinski definition) is 1. The second kappa shape index (κ2) is 10.9. The van der Waals surface area contributed by atoms with E-state index in [1.165, 1.54) is 17.1 Å². The number of nitrogens with zero attached hydrogens (tertiary/aromatic N) is 3. The van der Waals surface area contributed by atoms with Gasteiger partial charge in [-0.2, -0.15) is 0 Å². The van der Waals surface area contributed by atoms with Crippen molar-refractivity contribution in [2.24, 2.45) is 5.92 Å². The van der Waals surface area contributed by atoms with Gasteiger partial charge in [0, 0.05) is 38.0 Å². The number of ether oxygens (including phenoxy) is 2. The quantitative estimate of drug-likeness (QED) is 0.626. The molecule has 1 N–H and O–H groups in total. The van der Waals surface area contributed by atoms with Crippen LogP contribution < -0.4 is 4.74 Å². The summed E-state index contributed by atoms with van der Waals surface area (Å²) in [4.78, 5) is 12.9. The van der Waals surface area contributed by atoms with Gasteiger partial charge in [0.1, 0.15) is 11.6 Å². The maximum absolute atomic E-state index is 12.4. The number of carbonyl (C=O) groups is 1. The number of rotatable bonds is 7. The summed E-state index contributed by atoms with van der Waals surface area (Å²) in [6.45, 7) is 0.670. The lowest BCUT2D eigenvalue weighted by molar-refractivity contribution is -0.122. The Morgan fingerprint density at radius 2 is 1.88 bits per heavy atom. The Labute approximate surface area is 189 Å². The average molecular weight is 466 g/mol. The number of aromatic nitrogens is 2.